The Kier molecular flexibility index (Phi) is 5.65. The average molecular weight is 299 g/mol. The summed E-state index contributed by atoms with van der Waals surface area (Å²) in [7, 11) is 0. The van der Waals surface area contributed by atoms with E-state index >= 15 is 0 Å². The highest BCUT2D eigenvalue weighted by Crippen LogP contribution is 2.37. The Morgan fingerprint density at radius 3 is 2.38 bits per heavy atom. The third kappa shape index (κ3) is 4.35. The summed E-state index contributed by atoms with van der Waals surface area (Å²) in [6, 6.07) is 0. The molecule has 1 amide bonds. The van der Waals surface area contributed by atoms with E-state index < -0.39 is 17.2 Å². The Morgan fingerprint density at radius 1 is 1.29 bits per heavy atom. The molecule has 1 heterocycles. The van der Waals surface area contributed by atoms with E-state index in [9.17, 15) is 9.59 Å². The van der Waals surface area contributed by atoms with Crippen LogP contribution in [0, 0.1) is 5.92 Å². The van der Waals surface area contributed by atoms with E-state index in [1.165, 1.54) is 0 Å². The van der Waals surface area contributed by atoms with E-state index in [1.807, 2.05) is 34.6 Å². The number of hydrogen-bond donors (Lipinski definition) is 0. The molecule has 5 nitrogen and oxygen atoms in total. The fourth-order valence-electron chi connectivity index (χ4n) is 2.91. The van der Waals surface area contributed by atoms with Crippen molar-refractivity contribution >= 4 is 12.1 Å². The van der Waals surface area contributed by atoms with Crippen LogP contribution in [0.1, 0.15) is 60.8 Å². The van der Waals surface area contributed by atoms with Crippen LogP contribution in [-0.2, 0) is 14.3 Å². The van der Waals surface area contributed by atoms with Gasteiger partial charge in [0, 0.05) is 6.54 Å². The summed E-state index contributed by atoms with van der Waals surface area (Å²) in [6.07, 6.45) is 1.62. The van der Waals surface area contributed by atoms with Crippen molar-refractivity contribution in [1.82, 2.24) is 4.90 Å². The molecule has 1 atom stereocenters. The Morgan fingerprint density at radius 2 is 1.90 bits per heavy atom. The van der Waals surface area contributed by atoms with E-state index in [0.29, 0.717) is 26.0 Å². The van der Waals surface area contributed by atoms with Crippen LogP contribution in [0.3, 0.4) is 0 Å². The molecule has 1 fully saturated rings. The Bertz CT molecular complexity index is 386. The summed E-state index contributed by atoms with van der Waals surface area (Å²) in [5, 5.41) is 0. The van der Waals surface area contributed by atoms with Crippen LogP contribution in [-0.4, -0.2) is 41.3 Å². The second-order valence-corrected chi connectivity index (χ2v) is 7.09. The molecule has 1 rings (SSSR count). The van der Waals surface area contributed by atoms with Gasteiger partial charge in [-0.2, -0.15) is 0 Å². The number of ether oxygens (including phenoxy) is 2. The van der Waals surface area contributed by atoms with Crippen LogP contribution in [0.4, 0.5) is 4.79 Å². The van der Waals surface area contributed by atoms with Crippen molar-refractivity contribution in [2.24, 2.45) is 5.92 Å². The first-order valence-corrected chi connectivity index (χ1v) is 7.80. The molecule has 0 radical (unpaired) electrons. The van der Waals surface area contributed by atoms with Crippen LogP contribution in [0.2, 0.25) is 0 Å². The second kappa shape index (κ2) is 6.67. The molecule has 0 aromatic rings. The lowest BCUT2D eigenvalue weighted by Crippen LogP contribution is -2.55. The summed E-state index contributed by atoms with van der Waals surface area (Å²) in [5.74, 6) is -0.0143. The predicted octanol–water partition coefficient (Wildman–Crippen LogP) is 3.37. The zero-order chi connectivity index (χ0) is 16.3. The number of likely N-dealkylation sites (tertiary alicyclic amines) is 1. The minimum atomic E-state index is -0.869. The Labute approximate surface area is 128 Å². The predicted molar refractivity (Wildman–Crippen MR) is 81.0 cm³/mol. The number of hydrogen-bond acceptors (Lipinski definition) is 4. The highest BCUT2D eigenvalue weighted by Gasteiger charge is 2.52. The SMILES string of the molecule is CCOC(=O)C1(CC(C)C)CCCN1C(=O)OC(C)(C)C. The first-order valence-electron chi connectivity index (χ1n) is 7.80. The van der Waals surface area contributed by atoms with Gasteiger partial charge in [0.25, 0.3) is 0 Å². The third-order valence-corrected chi connectivity index (χ3v) is 3.50. The van der Waals surface area contributed by atoms with Crippen LogP contribution < -0.4 is 0 Å². The standard InChI is InChI=1S/C16H29NO4/c1-7-20-13(18)16(11-12(2)3)9-8-10-17(16)14(19)21-15(4,5)6/h12H,7-11H2,1-6H3. The smallest absolute Gasteiger partial charge is 0.411 e. The van der Waals surface area contributed by atoms with Crippen LogP contribution in [0.15, 0.2) is 0 Å². The number of carbonyl (C=O) groups excluding carboxylic acids is 2. The van der Waals surface area contributed by atoms with Gasteiger partial charge >= 0.3 is 12.1 Å². The third-order valence-electron chi connectivity index (χ3n) is 3.50. The fourth-order valence-corrected chi connectivity index (χ4v) is 2.91. The largest absolute Gasteiger partial charge is 0.464 e. The van der Waals surface area contributed by atoms with Gasteiger partial charge in [0.1, 0.15) is 11.1 Å². The van der Waals surface area contributed by atoms with Crippen molar-refractivity contribution in [3.05, 3.63) is 0 Å². The second-order valence-electron chi connectivity index (χ2n) is 7.09. The van der Waals surface area contributed by atoms with Crippen LogP contribution in [0.25, 0.3) is 0 Å². The molecule has 0 aliphatic carbocycles. The number of nitrogens with zero attached hydrogens (tertiary/aromatic N) is 1. The van der Waals surface area contributed by atoms with Gasteiger partial charge in [-0.1, -0.05) is 13.8 Å². The summed E-state index contributed by atoms with van der Waals surface area (Å²) in [4.78, 5) is 26.6. The molecule has 1 aliphatic rings. The molecule has 122 valence electrons. The maximum Gasteiger partial charge on any atom is 0.411 e. The summed E-state index contributed by atoms with van der Waals surface area (Å²) >= 11 is 0. The molecule has 1 unspecified atom stereocenters. The quantitative estimate of drug-likeness (QED) is 0.747. The number of esters is 1. The Hall–Kier alpha value is -1.26. The summed E-state index contributed by atoms with van der Waals surface area (Å²) in [6.45, 7) is 12.2. The highest BCUT2D eigenvalue weighted by atomic mass is 16.6. The minimum absolute atomic E-state index is 0.289. The molecule has 5 heteroatoms. The van der Waals surface area contributed by atoms with E-state index in [4.69, 9.17) is 9.47 Å². The molecule has 1 saturated heterocycles. The minimum Gasteiger partial charge on any atom is -0.464 e. The lowest BCUT2D eigenvalue weighted by Gasteiger charge is -2.38. The molecular formula is C16H29NO4. The monoisotopic (exact) mass is 299 g/mol. The Balaban J connectivity index is 3.03. The fraction of sp³-hybridized carbons (Fsp3) is 0.875. The molecule has 1 aliphatic heterocycles. The molecular weight excluding hydrogens is 270 g/mol. The lowest BCUT2D eigenvalue weighted by molar-refractivity contribution is -0.157. The number of amides is 1. The first-order chi connectivity index (χ1) is 9.62. The van der Waals surface area contributed by atoms with Gasteiger partial charge in [0.15, 0.2) is 0 Å². The van der Waals surface area contributed by atoms with Gasteiger partial charge in [-0.05, 0) is 52.9 Å². The molecule has 0 saturated carbocycles. The molecule has 0 bridgehead atoms. The van der Waals surface area contributed by atoms with E-state index in [0.717, 1.165) is 6.42 Å². The summed E-state index contributed by atoms with van der Waals surface area (Å²) in [5.41, 5.74) is -1.44. The molecule has 0 aromatic carbocycles. The van der Waals surface area contributed by atoms with E-state index in [-0.39, 0.29) is 11.9 Å². The zero-order valence-corrected chi connectivity index (χ0v) is 14.2. The van der Waals surface area contributed by atoms with Crippen LogP contribution >= 0.6 is 0 Å². The molecule has 0 aromatic heterocycles. The van der Waals surface area contributed by atoms with Gasteiger partial charge in [0.05, 0.1) is 6.61 Å². The van der Waals surface area contributed by atoms with E-state index in [2.05, 4.69) is 0 Å². The van der Waals surface area contributed by atoms with Gasteiger partial charge in [-0.3, -0.25) is 4.90 Å². The lowest BCUT2D eigenvalue weighted by atomic mass is 9.86. The zero-order valence-electron chi connectivity index (χ0n) is 14.2. The summed E-state index contributed by atoms with van der Waals surface area (Å²) < 4.78 is 10.7. The van der Waals surface area contributed by atoms with Crippen molar-refractivity contribution in [3.8, 4) is 0 Å². The normalized spacial score (nSPS) is 22.5. The maximum absolute atomic E-state index is 12.5. The van der Waals surface area contributed by atoms with Crippen molar-refractivity contribution in [1.29, 1.82) is 0 Å². The molecule has 21 heavy (non-hydrogen) atoms. The van der Waals surface area contributed by atoms with Gasteiger partial charge in [-0.15, -0.1) is 0 Å². The molecule has 0 spiro atoms. The molecule has 0 N–H and O–H groups in total. The van der Waals surface area contributed by atoms with Crippen molar-refractivity contribution in [2.45, 2.75) is 71.9 Å². The van der Waals surface area contributed by atoms with Crippen LogP contribution in [0.5, 0.6) is 0 Å². The number of carbonyl (C=O) groups is 2. The average Bonchev–Trinajstić information content (AvgIpc) is 2.71. The number of rotatable bonds is 4. The first kappa shape index (κ1) is 17.8. The van der Waals surface area contributed by atoms with Gasteiger partial charge in [-0.25, -0.2) is 9.59 Å². The maximum atomic E-state index is 12.5. The topological polar surface area (TPSA) is 55.8 Å². The van der Waals surface area contributed by atoms with Crippen molar-refractivity contribution in [2.75, 3.05) is 13.2 Å². The van der Waals surface area contributed by atoms with E-state index in [1.54, 1.807) is 11.8 Å². The van der Waals surface area contributed by atoms with Gasteiger partial charge < -0.3 is 9.47 Å². The van der Waals surface area contributed by atoms with Crippen molar-refractivity contribution < 1.29 is 19.1 Å². The highest BCUT2D eigenvalue weighted by molar-refractivity contribution is 5.86. The van der Waals surface area contributed by atoms with Crippen molar-refractivity contribution in [3.63, 3.8) is 0 Å². The van der Waals surface area contributed by atoms with Gasteiger partial charge in [0.2, 0.25) is 0 Å².